The molecule has 0 aliphatic rings. The molecular formula is C16H34. The molecule has 0 rings (SSSR count). The van der Waals surface area contributed by atoms with E-state index in [-0.39, 0.29) is 0 Å². The Bertz CT molecular complexity index is 165. The van der Waals surface area contributed by atoms with Gasteiger partial charge in [0.1, 0.15) is 0 Å². The van der Waals surface area contributed by atoms with Gasteiger partial charge in [-0.2, -0.15) is 0 Å². The van der Waals surface area contributed by atoms with Crippen LogP contribution in [0.1, 0.15) is 87.0 Å². The van der Waals surface area contributed by atoms with Crippen molar-refractivity contribution in [3.63, 3.8) is 0 Å². The van der Waals surface area contributed by atoms with E-state index in [0.29, 0.717) is 10.8 Å². The fraction of sp³-hybridized carbons (Fsp3) is 1.00. The van der Waals surface area contributed by atoms with Crippen molar-refractivity contribution in [3.05, 3.63) is 0 Å². The zero-order valence-corrected chi connectivity index (χ0v) is 12.8. The van der Waals surface area contributed by atoms with Crippen LogP contribution in [0.4, 0.5) is 0 Å². The van der Waals surface area contributed by atoms with Crippen molar-refractivity contribution >= 4 is 0 Å². The number of unbranched alkanes of at least 4 members (excludes halogenated alkanes) is 2. The Labute approximate surface area is 104 Å². The number of hydrogen-bond acceptors (Lipinski definition) is 0. The Kier molecular flexibility index (Phi) is 6.67. The van der Waals surface area contributed by atoms with Gasteiger partial charge in [-0.3, -0.25) is 0 Å². The van der Waals surface area contributed by atoms with Crippen LogP contribution in [0.25, 0.3) is 0 Å². The standard InChI is InChI=1S/C16H34/c1-14(13-16(5,6)7)11-9-8-10-12-15(2,3)4/h14H,8-13H2,1-7H3. The van der Waals surface area contributed by atoms with Gasteiger partial charge in [0.05, 0.1) is 0 Å². The summed E-state index contributed by atoms with van der Waals surface area (Å²) in [7, 11) is 0. The fourth-order valence-electron chi connectivity index (χ4n) is 2.47. The van der Waals surface area contributed by atoms with Crippen LogP contribution in [0.3, 0.4) is 0 Å². The molecule has 0 saturated carbocycles. The molecule has 0 aromatic rings. The molecule has 0 aliphatic heterocycles. The lowest BCUT2D eigenvalue weighted by Gasteiger charge is -2.23. The second-order valence-corrected chi connectivity index (χ2v) is 8.03. The molecule has 0 fully saturated rings. The summed E-state index contributed by atoms with van der Waals surface area (Å²) in [5.41, 5.74) is 1.03. The van der Waals surface area contributed by atoms with E-state index in [2.05, 4.69) is 48.5 Å². The fourth-order valence-corrected chi connectivity index (χ4v) is 2.47. The van der Waals surface area contributed by atoms with E-state index in [9.17, 15) is 0 Å². The van der Waals surface area contributed by atoms with E-state index >= 15 is 0 Å². The van der Waals surface area contributed by atoms with Crippen LogP contribution >= 0.6 is 0 Å². The predicted octanol–water partition coefficient (Wildman–Crippen LogP) is 6.06. The highest BCUT2D eigenvalue weighted by atomic mass is 14.2. The van der Waals surface area contributed by atoms with Gasteiger partial charge in [0, 0.05) is 0 Å². The molecule has 1 atom stereocenters. The smallest absolute Gasteiger partial charge is 0.0380 e. The maximum atomic E-state index is 2.41. The predicted molar refractivity (Wildman–Crippen MR) is 75.8 cm³/mol. The van der Waals surface area contributed by atoms with Crippen LogP contribution in [0.15, 0.2) is 0 Å². The molecule has 0 heterocycles. The topological polar surface area (TPSA) is 0 Å². The van der Waals surface area contributed by atoms with E-state index in [0.717, 1.165) is 5.92 Å². The van der Waals surface area contributed by atoms with Crippen LogP contribution < -0.4 is 0 Å². The van der Waals surface area contributed by atoms with Gasteiger partial charge < -0.3 is 0 Å². The summed E-state index contributed by atoms with van der Waals surface area (Å²) in [5.74, 6) is 0.898. The number of hydrogen-bond donors (Lipinski definition) is 0. The Morgan fingerprint density at radius 2 is 1.31 bits per heavy atom. The summed E-state index contributed by atoms with van der Waals surface area (Å²) in [4.78, 5) is 0. The molecule has 16 heavy (non-hydrogen) atoms. The van der Waals surface area contributed by atoms with Gasteiger partial charge in [-0.15, -0.1) is 0 Å². The summed E-state index contributed by atoms with van der Waals surface area (Å²) >= 11 is 0. The van der Waals surface area contributed by atoms with Crippen LogP contribution in [0.5, 0.6) is 0 Å². The zero-order chi connectivity index (χ0) is 12.8. The minimum absolute atomic E-state index is 0.505. The molecule has 1 unspecified atom stereocenters. The lowest BCUT2D eigenvalue weighted by molar-refractivity contribution is 0.288. The summed E-state index contributed by atoms with van der Waals surface area (Å²) in [5, 5.41) is 0. The third-order valence-corrected chi connectivity index (χ3v) is 3.08. The summed E-state index contributed by atoms with van der Waals surface area (Å²) < 4.78 is 0. The lowest BCUT2D eigenvalue weighted by atomic mass is 9.83. The first-order chi connectivity index (χ1) is 7.10. The SMILES string of the molecule is CC(CCCCCC(C)(C)C)CC(C)(C)C. The highest BCUT2D eigenvalue weighted by Gasteiger charge is 2.15. The summed E-state index contributed by atoms with van der Waals surface area (Å²) in [6.07, 6.45) is 8.42. The largest absolute Gasteiger partial charge is 0.0625 e. The Hall–Kier alpha value is 0. The normalized spacial score (nSPS) is 15.2. The van der Waals surface area contributed by atoms with Crippen LogP contribution in [-0.4, -0.2) is 0 Å². The molecule has 0 saturated heterocycles. The van der Waals surface area contributed by atoms with Gasteiger partial charge >= 0.3 is 0 Å². The molecule has 0 heteroatoms. The van der Waals surface area contributed by atoms with Crippen LogP contribution in [0, 0.1) is 16.7 Å². The first-order valence-electron chi connectivity index (χ1n) is 7.10. The van der Waals surface area contributed by atoms with Crippen molar-refractivity contribution in [3.8, 4) is 0 Å². The molecular weight excluding hydrogens is 192 g/mol. The summed E-state index contributed by atoms with van der Waals surface area (Å²) in [6.45, 7) is 16.5. The summed E-state index contributed by atoms with van der Waals surface area (Å²) in [6, 6.07) is 0. The zero-order valence-electron chi connectivity index (χ0n) is 12.8. The molecule has 0 amide bonds. The van der Waals surface area contributed by atoms with Crippen molar-refractivity contribution in [2.24, 2.45) is 16.7 Å². The monoisotopic (exact) mass is 226 g/mol. The van der Waals surface area contributed by atoms with Crippen LogP contribution in [0.2, 0.25) is 0 Å². The minimum Gasteiger partial charge on any atom is -0.0625 e. The van der Waals surface area contributed by atoms with Crippen molar-refractivity contribution in [2.45, 2.75) is 87.0 Å². The number of rotatable bonds is 6. The van der Waals surface area contributed by atoms with E-state index < -0.39 is 0 Å². The highest BCUT2D eigenvalue weighted by molar-refractivity contribution is 4.67. The average Bonchev–Trinajstić information content (AvgIpc) is 1.97. The maximum absolute atomic E-state index is 2.41. The molecule has 0 radical (unpaired) electrons. The van der Waals surface area contributed by atoms with E-state index in [1.807, 2.05) is 0 Å². The third kappa shape index (κ3) is 12.1. The Morgan fingerprint density at radius 3 is 1.75 bits per heavy atom. The van der Waals surface area contributed by atoms with Gasteiger partial charge in [-0.1, -0.05) is 74.1 Å². The van der Waals surface area contributed by atoms with Gasteiger partial charge in [0.15, 0.2) is 0 Å². The third-order valence-electron chi connectivity index (χ3n) is 3.08. The molecule has 0 bridgehead atoms. The second-order valence-electron chi connectivity index (χ2n) is 8.03. The first-order valence-corrected chi connectivity index (χ1v) is 7.10. The minimum atomic E-state index is 0.505. The average molecular weight is 226 g/mol. The lowest BCUT2D eigenvalue weighted by Crippen LogP contribution is -2.11. The molecule has 98 valence electrons. The molecule has 0 N–H and O–H groups in total. The first kappa shape index (κ1) is 16.0. The van der Waals surface area contributed by atoms with E-state index in [1.165, 1.54) is 38.5 Å². The molecule has 0 aliphatic carbocycles. The molecule has 0 aromatic heterocycles. The van der Waals surface area contributed by atoms with Gasteiger partial charge in [-0.25, -0.2) is 0 Å². The van der Waals surface area contributed by atoms with Gasteiger partial charge in [0.2, 0.25) is 0 Å². The van der Waals surface area contributed by atoms with Gasteiger partial charge in [0.25, 0.3) is 0 Å². The van der Waals surface area contributed by atoms with Crippen molar-refractivity contribution in [1.29, 1.82) is 0 Å². The molecule has 0 aromatic carbocycles. The Balaban J connectivity index is 3.45. The molecule has 0 spiro atoms. The maximum Gasteiger partial charge on any atom is -0.0380 e. The van der Waals surface area contributed by atoms with Crippen molar-refractivity contribution in [2.75, 3.05) is 0 Å². The van der Waals surface area contributed by atoms with E-state index in [1.54, 1.807) is 0 Å². The van der Waals surface area contributed by atoms with Crippen molar-refractivity contribution < 1.29 is 0 Å². The van der Waals surface area contributed by atoms with Crippen LogP contribution in [-0.2, 0) is 0 Å². The molecule has 0 nitrogen and oxygen atoms in total. The van der Waals surface area contributed by atoms with E-state index in [4.69, 9.17) is 0 Å². The Morgan fingerprint density at radius 1 is 0.750 bits per heavy atom. The quantitative estimate of drug-likeness (QED) is 0.483. The van der Waals surface area contributed by atoms with Crippen molar-refractivity contribution in [1.82, 2.24) is 0 Å². The van der Waals surface area contributed by atoms with Gasteiger partial charge in [-0.05, 0) is 29.6 Å². The highest BCUT2D eigenvalue weighted by Crippen LogP contribution is 2.28. The second kappa shape index (κ2) is 6.67.